The van der Waals surface area contributed by atoms with Crippen molar-refractivity contribution in [1.29, 1.82) is 0 Å². The molecule has 2 aromatic carbocycles. The van der Waals surface area contributed by atoms with Crippen LogP contribution in [0, 0.1) is 6.92 Å². The number of anilines is 1. The molecule has 1 N–H and O–H groups in total. The highest BCUT2D eigenvalue weighted by atomic mass is 32.2. The second kappa shape index (κ2) is 8.99. The van der Waals surface area contributed by atoms with Crippen LogP contribution in [-0.2, 0) is 27.7 Å². The van der Waals surface area contributed by atoms with Crippen LogP contribution >= 0.6 is 0 Å². The molecule has 1 amide bonds. The quantitative estimate of drug-likeness (QED) is 0.712. The lowest BCUT2D eigenvalue weighted by Crippen LogP contribution is -2.32. The molecule has 0 aliphatic heterocycles. The topological polar surface area (TPSA) is 66.5 Å². The van der Waals surface area contributed by atoms with Gasteiger partial charge in [-0.2, -0.15) is 0 Å². The molecule has 29 heavy (non-hydrogen) atoms. The van der Waals surface area contributed by atoms with E-state index in [0.29, 0.717) is 12.1 Å². The average molecular weight is 415 g/mol. The fourth-order valence-electron chi connectivity index (χ4n) is 3.91. The summed E-state index contributed by atoms with van der Waals surface area (Å²) >= 11 is 0. The summed E-state index contributed by atoms with van der Waals surface area (Å²) in [6, 6.07) is 13.8. The lowest BCUT2D eigenvalue weighted by Gasteiger charge is -2.23. The number of fused-ring (bicyclic) bond motifs is 1. The van der Waals surface area contributed by atoms with Crippen molar-refractivity contribution in [2.24, 2.45) is 0 Å². The van der Waals surface area contributed by atoms with Crippen molar-refractivity contribution in [3.05, 3.63) is 64.7 Å². The van der Waals surface area contributed by atoms with E-state index in [1.54, 1.807) is 6.07 Å². The van der Waals surface area contributed by atoms with Crippen molar-refractivity contribution >= 4 is 21.6 Å². The first kappa shape index (κ1) is 21.4. The molecule has 0 saturated carbocycles. The van der Waals surface area contributed by atoms with Crippen LogP contribution in [0.15, 0.2) is 42.5 Å². The Morgan fingerprint density at radius 2 is 1.90 bits per heavy atom. The number of amides is 1. The van der Waals surface area contributed by atoms with E-state index in [9.17, 15) is 13.2 Å². The van der Waals surface area contributed by atoms with Crippen molar-refractivity contribution in [2.45, 2.75) is 52.0 Å². The van der Waals surface area contributed by atoms with Gasteiger partial charge in [-0.05, 0) is 73.9 Å². The molecule has 5 nitrogen and oxygen atoms in total. The van der Waals surface area contributed by atoms with Gasteiger partial charge in [0.05, 0.1) is 18.0 Å². The molecule has 0 bridgehead atoms. The molecular formula is C23H30N2O3S. The maximum absolute atomic E-state index is 12.4. The number of carbonyl (C=O) groups is 1. The molecule has 6 heteroatoms. The summed E-state index contributed by atoms with van der Waals surface area (Å²) in [5, 5.41) is 3.04. The number of carbonyl (C=O) groups excluding carboxylic acids is 1. The molecule has 0 heterocycles. The zero-order chi connectivity index (χ0) is 21.0. The average Bonchev–Trinajstić information content (AvgIpc) is 3.12. The van der Waals surface area contributed by atoms with Gasteiger partial charge in [-0.25, -0.2) is 8.42 Å². The minimum atomic E-state index is -3.40. The van der Waals surface area contributed by atoms with Crippen molar-refractivity contribution in [2.75, 3.05) is 17.1 Å². The van der Waals surface area contributed by atoms with Crippen LogP contribution in [-0.4, -0.2) is 27.1 Å². The molecule has 1 aliphatic rings. The van der Waals surface area contributed by atoms with Gasteiger partial charge in [-0.1, -0.05) is 30.3 Å². The normalized spacial score (nSPS) is 14.3. The first-order valence-electron chi connectivity index (χ1n) is 10.2. The SMILES string of the molecule is Cc1cccc(N(CCCC(=O)NC(C)c2ccc3c(c2)CCC3)S(C)(=O)=O)c1. The number of rotatable bonds is 8. The molecule has 0 radical (unpaired) electrons. The van der Waals surface area contributed by atoms with Crippen molar-refractivity contribution in [3.63, 3.8) is 0 Å². The van der Waals surface area contributed by atoms with Gasteiger partial charge in [-0.3, -0.25) is 9.10 Å². The number of hydrogen-bond acceptors (Lipinski definition) is 3. The van der Waals surface area contributed by atoms with Crippen LogP contribution in [0.25, 0.3) is 0 Å². The lowest BCUT2D eigenvalue weighted by molar-refractivity contribution is -0.121. The Bertz CT molecular complexity index is 985. The summed E-state index contributed by atoms with van der Waals surface area (Å²) in [6.45, 7) is 4.20. The summed E-state index contributed by atoms with van der Waals surface area (Å²) in [4.78, 5) is 12.4. The smallest absolute Gasteiger partial charge is 0.232 e. The zero-order valence-electron chi connectivity index (χ0n) is 17.4. The lowest BCUT2D eigenvalue weighted by atomic mass is 10.0. The summed E-state index contributed by atoms with van der Waals surface area (Å²) in [7, 11) is -3.40. The first-order chi connectivity index (χ1) is 13.7. The maximum atomic E-state index is 12.4. The van der Waals surface area contributed by atoms with Gasteiger partial charge in [0.15, 0.2) is 0 Å². The van der Waals surface area contributed by atoms with Crippen LogP contribution in [0.5, 0.6) is 0 Å². The third-order valence-corrected chi connectivity index (χ3v) is 6.65. The van der Waals surface area contributed by atoms with E-state index in [1.165, 1.54) is 28.1 Å². The van der Waals surface area contributed by atoms with Gasteiger partial charge in [-0.15, -0.1) is 0 Å². The van der Waals surface area contributed by atoms with Gasteiger partial charge in [0.2, 0.25) is 15.9 Å². The van der Waals surface area contributed by atoms with Gasteiger partial charge in [0.1, 0.15) is 0 Å². The van der Waals surface area contributed by atoms with Crippen molar-refractivity contribution in [1.82, 2.24) is 5.32 Å². The molecule has 1 atom stereocenters. The number of sulfonamides is 1. The third-order valence-electron chi connectivity index (χ3n) is 5.46. The number of nitrogens with zero attached hydrogens (tertiary/aromatic N) is 1. The predicted molar refractivity (Wildman–Crippen MR) is 118 cm³/mol. The van der Waals surface area contributed by atoms with E-state index < -0.39 is 10.0 Å². The number of nitrogens with one attached hydrogen (secondary N) is 1. The number of aryl methyl sites for hydroxylation is 3. The van der Waals surface area contributed by atoms with E-state index in [2.05, 4.69) is 23.5 Å². The fraction of sp³-hybridized carbons (Fsp3) is 0.435. The Hall–Kier alpha value is -2.34. The van der Waals surface area contributed by atoms with Crippen molar-refractivity contribution in [3.8, 4) is 0 Å². The van der Waals surface area contributed by atoms with E-state index in [-0.39, 0.29) is 24.9 Å². The van der Waals surface area contributed by atoms with Crippen LogP contribution in [0.1, 0.15) is 54.5 Å². The van der Waals surface area contributed by atoms with Gasteiger partial charge >= 0.3 is 0 Å². The Morgan fingerprint density at radius 1 is 1.14 bits per heavy atom. The minimum absolute atomic E-state index is 0.0591. The standard InChI is InChI=1S/C23H30N2O3S/c1-17-7-4-10-22(15-17)25(29(3,27)28)14-6-11-23(26)24-18(2)20-13-12-19-8-5-9-21(19)16-20/h4,7,10,12-13,15-16,18H,5-6,8-9,11,14H2,1-3H3,(H,24,26). The Balaban J connectivity index is 1.55. The van der Waals surface area contributed by atoms with Gasteiger partial charge < -0.3 is 5.32 Å². The fourth-order valence-corrected chi connectivity index (χ4v) is 4.87. The molecule has 156 valence electrons. The van der Waals surface area contributed by atoms with Crippen molar-refractivity contribution < 1.29 is 13.2 Å². The summed E-state index contributed by atoms with van der Waals surface area (Å²) in [5.41, 5.74) is 5.57. The van der Waals surface area contributed by atoms with Crippen LogP contribution in [0.2, 0.25) is 0 Å². The Labute approximate surface area is 174 Å². The molecular weight excluding hydrogens is 384 g/mol. The Morgan fingerprint density at radius 3 is 2.62 bits per heavy atom. The molecule has 2 aromatic rings. The van der Waals surface area contributed by atoms with Crippen LogP contribution in [0.3, 0.4) is 0 Å². The van der Waals surface area contributed by atoms with Crippen LogP contribution in [0.4, 0.5) is 5.69 Å². The molecule has 0 saturated heterocycles. The number of benzene rings is 2. The predicted octanol–water partition coefficient (Wildman–Crippen LogP) is 3.91. The number of hydrogen-bond donors (Lipinski definition) is 1. The third kappa shape index (κ3) is 5.60. The highest BCUT2D eigenvalue weighted by Crippen LogP contribution is 2.25. The van der Waals surface area contributed by atoms with E-state index >= 15 is 0 Å². The molecule has 1 unspecified atom stereocenters. The second-order valence-electron chi connectivity index (χ2n) is 7.95. The monoisotopic (exact) mass is 414 g/mol. The molecule has 0 fully saturated rings. The zero-order valence-corrected chi connectivity index (χ0v) is 18.3. The molecule has 0 aromatic heterocycles. The molecule has 3 rings (SSSR count). The van der Waals surface area contributed by atoms with Gasteiger partial charge in [0.25, 0.3) is 0 Å². The molecule has 0 spiro atoms. The maximum Gasteiger partial charge on any atom is 0.232 e. The highest BCUT2D eigenvalue weighted by Gasteiger charge is 2.19. The molecule has 1 aliphatic carbocycles. The van der Waals surface area contributed by atoms with E-state index in [0.717, 1.165) is 24.0 Å². The largest absolute Gasteiger partial charge is 0.350 e. The van der Waals surface area contributed by atoms with E-state index in [4.69, 9.17) is 0 Å². The summed E-state index contributed by atoms with van der Waals surface area (Å²) < 4.78 is 25.8. The first-order valence-corrected chi connectivity index (χ1v) is 12.0. The highest BCUT2D eigenvalue weighted by molar-refractivity contribution is 7.92. The second-order valence-corrected chi connectivity index (χ2v) is 9.86. The summed E-state index contributed by atoms with van der Waals surface area (Å²) in [5.74, 6) is -0.0595. The van der Waals surface area contributed by atoms with Crippen LogP contribution < -0.4 is 9.62 Å². The van der Waals surface area contributed by atoms with Gasteiger partial charge in [0, 0.05) is 13.0 Å². The minimum Gasteiger partial charge on any atom is -0.350 e. The Kier molecular flexibility index (Phi) is 6.63. The summed E-state index contributed by atoms with van der Waals surface area (Å²) in [6.07, 6.45) is 5.41. The van der Waals surface area contributed by atoms with E-state index in [1.807, 2.05) is 32.0 Å².